The standard InChI is InChI=1S/C11H9BrFNS/c12-8-3-4-11(10(13)6-8)14-7-9-2-1-5-15-9/h1-6,14H,7H2. The molecule has 1 aromatic carbocycles. The summed E-state index contributed by atoms with van der Waals surface area (Å²) >= 11 is 4.88. The predicted molar refractivity (Wildman–Crippen MR) is 65.7 cm³/mol. The van der Waals surface area contributed by atoms with Gasteiger partial charge in [-0.25, -0.2) is 4.39 Å². The number of anilines is 1. The van der Waals surface area contributed by atoms with Crippen LogP contribution in [0.4, 0.5) is 10.1 Å². The quantitative estimate of drug-likeness (QED) is 0.888. The van der Waals surface area contributed by atoms with E-state index in [9.17, 15) is 4.39 Å². The first-order valence-electron chi connectivity index (χ1n) is 4.47. The molecule has 2 aromatic rings. The van der Waals surface area contributed by atoms with Crippen molar-refractivity contribution in [2.24, 2.45) is 0 Å². The molecular weight excluding hydrogens is 277 g/mol. The number of halogens is 2. The normalized spacial score (nSPS) is 10.3. The van der Waals surface area contributed by atoms with Crippen molar-refractivity contribution in [1.82, 2.24) is 0 Å². The summed E-state index contributed by atoms with van der Waals surface area (Å²) < 4.78 is 14.1. The lowest BCUT2D eigenvalue weighted by Crippen LogP contribution is -1.99. The Morgan fingerprint density at radius 1 is 1.33 bits per heavy atom. The fourth-order valence-corrected chi connectivity index (χ4v) is 2.21. The third-order valence-corrected chi connectivity index (χ3v) is 3.33. The highest BCUT2D eigenvalue weighted by Crippen LogP contribution is 2.20. The number of benzene rings is 1. The third-order valence-electron chi connectivity index (χ3n) is 1.96. The Morgan fingerprint density at radius 3 is 2.87 bits per heavy atom. The van der Waals surface area contributed by atoms with Gasteiger partial charge < -0.3 is 5.32 Å². The van der Waals surface area contributed by atoms with Gasteiger partial charge in [0.25, 0.3) is 0 Å². The van der Waals surface area contributed by atoms with Crippen molar-refractivity contribution in [3.63, 3.8) is 0 Å². The molecule has 0 unspecified atom stereocenters. The van der Waals surface area contributed by atoms with E-state index in [-0.39, 0.29) is 5.82 Å². The minimum absolute atomic E-state index is 0.235. The molecule has 0 radical (unpaired) electrons. The monoisotopic (exact) mass is 285 g/mol. The van der Waals surface area contributed by atoms with Gasteiger partial charge in [-0.3, -0.25) is 0 Å². The van der Waals surface area contributed by atoms with Gasteiger partial charge in [-0.2, -0.15) is 0 Å². The fourth-order valence-electron chi connectivity index (χ4n) is 1.23. The molecule has 1 heterocycles. The van der Waals surface area contributed by atoms with Crippen molar-refractivity contribution in [1.29, 1.82) is 0 Å². The molecule has 0 spiro atoms. The van der Waals surface area contributed by atoms with Crippen molar-refractivity contribution in [3.05, 3.63) is 50.9 Å². The average Bonchev–Trinajstić information content (AvgIpc) is 2.69. The van der Waals surface area contributed by atoms with Crippen molar-refractivity contribution < 1.29 is 4.39 Å². The van der Waals surface area contributed by atoms with Gasteiger partial charge in [0.1, 0.15) is 5.82 Å². The van der Waals surface area contributed by atoms with Gasteiger partial charge in [-0.05, 0) is 29.6 Å². The number of nitrogens with one attached hydrogen (secondary N) is 1. The van der Waals surface area contributed by atoms with E-state index in [0.29, 0.717) is 12.2 Å². The van der Waals surface area contributed by atoms with Crippen LogP contribution in [-0.2, 0) is 6.54 Å². The van der Waals surface area contributed by atoms with Gasteiger partial charge in [-0.1, -0.05) is 22.0 Å². The second-order valence-electron chi connectivity index (χ2n) is 3.06. The summed E-state index contributed by atoms with van der Waals surface area (Å²) in [6.07, 6.45) is 0. The maximum Gasteiger partial charge on any atom is 0.147 e. The number of rotatable bonds is 3. The molecule has 0 aliphatic rings. The topological polar surface area (TPSA) is 12.0 Å². The second-order valence-corrected chi connectivity index (χ2v) is 5.01. The lowest BCUT2D eigenvalue weighted by atomic mass is 10.3. The Balaban J connectivity index is 2.05. The molecule has 0 saturated heterocycles. The summed E-state index contributed by atoms with van der Waals surface area (Å²) in [6.45, 7) is 0.663. The molecule has 0 amide bonds. The molecule has 1 nitrogen and oxygen atoms in total. The first-order chi connectivity index (χ1) is 7.25. The Kier molecular flexibility index (Phi) is 3.38. The van der Waals surface area contributed by atoms with Crippen LogP contribution < -0.4 is 5.32 Å². The molecule has 1 N–H and O–H groups in total. The average molecular weight is 286 g/mol. The molecule has 0 saturated carbocycles. The zero-order chi connectivity index (χ0) is 10.7. The highest BCUT2D eigenvalue weighted by Gasteiger charge is 2.02. The maximum absolute atomic E-state index is 13.4. The van der Waals surface area contributed by atoms with E-state index in [1.807, 2.05) is 23.6 Å². The van der Waals surface area contributed by atoms with Crippen LogP contribution in [0, 0.1) is 5.82 Å². The minimum Gasteiger partial charge on any atom is -0.378 e. The Bertz CT molecular complexity index is 442. The first-order valence-corrected chi connectivity index (χ1v) is 6.14. The number of hydrogen-bond donors (Lipinski definition) is 1. The minimum atomic E-state index is -0.235. The highest BCUT2D eigenvalue weighted by molar-refractivity contribution is 9.10. The molecule has 0 fully saturated rings. The van der Waals surface area contributed by atoms with Crippen molar-refractivity contribution >= 4 is 33.0 Å². The van der Waals surface area contributed by atoms with Crippen molar-refractivity contribution in [2.75, 3.05) is 5.32 Å². The summed E-state index contributed by atoms with van der Waals surface area (Å²) in [5, 5.41) is 5.07. The maximum atomic E-state index is 13.4. The largest absolute Gasteiger partial charge is 0.378 e. The van der Waals surface area contributed by atoms with Crippen LogP contribution in [0.3, 0.4) is 0 Å². The molecule has 4 heteroatoms. The molecule has 0 aliphatic heterocycles. The fraction of sp³-hybridized carbons (Fsp3) is 0.0909. The lowest BCUT2D eigenvalue weighted by molar-refractivity contribution is 0.629. The zero-order valence-electron chi connectivity index (χ0n) is 7.84. The van der Waals surface area contributed by atoms with E-state index in [1.54, 1.807) is 17.4 Å². The van der Waals surface area contributed by atoms with Gasteiger partial charge in [-0.15, -0.1) is 11.3 Å². The first kappa shape index (κ1) is 10.6. The van der Waals surface area contributed by atoms with Crippen LogP contribution in [-0.4, -0.2) is 0 Å². The van der Waals surface area contributed by atoms with Gasteiger partial charge in [0.05, 0.1) is 5.69 Å². The Labute approximate surface area is 100 Å². The lowest BCUT2D eigenvalue weighted by Gasteiger charge is -2.06. The van der Waals surface area contributed by atoms with E-state index in [0.717, 1.165) is 4.47 Å². The van der Waals surface area contributed by atoms with E-state index in [2.05, 4.69) is 21.2 Å². The van der Waals surface area contributed by atoms with Crippen molar-refractivity contribution in [3.8, 4) is 0 Å². The summed E-state index contributed by atoms with van der Waals surface area (Å²) in [6, 6.07) is 9.01. The van der Waals surface area contributed by atoms with E-state index >= 15 is 0 Å². The Hall–Kier alpha value is -0.870. The van der Waals surface area contributed by atoms with Crippen LogP contribution in [0.2, 0.25) is 0 Å². The van der Waals surface area contributed by atoms with Gasteiger partial charge in [0.2, 0.25) is 0 Å². The second kappa shape index (κ2) is 4.77. The third kappa shape index (κ3) is 2.79. The molecule has 1 aromatic heterocycles. The molecule has 0 aliphatic carbocycles. The summed E-state index contributed by atoms with van der Waals surface area (Å²) in [7, 11) is 0. The molecule has 0 atom stereocenters. The van der Waals surface area contributed by atoms with E-state index in [1.165, 1.54) is 10.9 Å². The smallest absolute Gasteiger partial charge is 0.147 e. The highest BCUT2D eigenvalue weighted by atomic mass is 79.9. The van der Waals surface area contributed by atoms with Crippen molar-refractivity contribution in [2.45, 2.75) is 6.54 Å². The van der Waals surface area contributed by atoms with Crippen LogP contribution in [0.25, 0.3) is 0 Å². The van der Waals surface area contributed by atoms with Crippen LogP contribution in [0.5, 0.6) is 0 Å². The number of thiophene rings is 1. The zero-order valence-corrected chi connectivity index (χ0v) is 10.2. The molecular formula is C11H9BrFNS. The Morgan fingerprint density at radius 2 is 2.20 bits per heavy atom. The number of hydrogen-bond acceptors (Lipinski definition) is 2. The van der Waals surface area contributed by atoms with Gasteiger partial charge >= 0.3 is 0 Å². The van der Waals surface area contributed by atoms with Crippen LogP contribution >= 0.6 is 27.3 Å². The molecule has 78 valence electrons. The van der Waals surface area contributed by atoms with E-state index < -0.39 is 0 Å². The predicted octanol–water partition coefficient (Wildman–Crippen LogP) is 4.26. The molecule has 15 heavy (non-hydrogen) atoms. The van der Waals surface area contributed by atoms with E-state index in [4.69, 9.17) is 0 Å². The summed E-state index contributed by atoms with van der Waals surface area (Å²) in [5.41, 5.74) is 0.534. The molecule has 2 rings (SSSR count). The molecule has 0 bridgehead atoms. The van der Waals surface area contributed by atoms with Gasteiger partial charge in [0, 0.05) is 15.9 Å². The van der Waals surface area contributed by atoms with Crippen LogP contribution in [0.1, 0.15) is 4.88 Å². The SMILES string of the molecule is Fc1cc(Br)ccc1NCc1cccs1. The van der Waals surface area contributed by atoms with Gasteiger partial charge in [0.15, 0.2) is 0 Å². The summed E-state index contributed by atoms with van der Waals surface area (Å²) in [5.74, 6) is -0.235. The van der Waals surface area contributed by atoms with Crippen LogP contribution in [0.15, 0.2) is 40.2 Å². The summed E-state index contributed by atoms with van der Waals surface area (Å²) in [4.78, 5) is 1.19.